The summed E-state index contributed by atoms with van der Waals surface area (Å²) in [7, 11) is 0. The van der Waals surface area contributed by atoms with E-state index in [1.54, 1.807) is 22.7 Å². The normalized spacial score (nSPS) is 12.9. The summed E-state index contributed by atoms with van der Waals surface area (Å²) in [6.45, 7) is 9.18. The van der Waals surface area contributed by atoms with Gasteiger partial charge in [0.1, 0.15) is 11.0 Å². The lowest BCUT2D eigenvalue weighted by Crippen LogP contribution is -2.14. The van der Waals surface area contributed by atoms with Gasteiger partial charge in [0, 0.05) is 43.4 Å². The standard InChI is InChI=1S/C62H90N4O2S4/c1-5-9-13-17-21-23-27-31-35-45(33-29-25-19-15-11-7-3)37-47-39-53(69-43-47)49-41-51-55(59-57(49)63-71-65-59)62(68)52-42-50(58-60(66-72-64-58)56(52)61(51)67)54-40-48(44-70-54)38-46(34-30-26-20-16-12-8-4)36-32-28-24-22-18-14-10-6-2/h39-46,63,65H,5-38H2,1-4H3. The number of aromatic amines is 2. The molecule has 7 rings (SSSR count). The Hall–Kier alpha value is -3.18. The van der Waals surface area contributed by atoms with E-state index >= 15 is 0 Å². The highest BCUT2D eigenvalue weighted by molar-refractivity contribution is 7.14. The monoisotopic (exact) mass is 1050 g/mol. The van der Waals surface area contributed by atoms with E-state index in [1.807, 2.05) is 12.1 Å². The molecule has 0 aliphatic heterocycles. The highest BCUT2D eigenvalue weighted by Gasteiger charge is 2.24. The smallest absolute Gasteiger partial charge is 0.196 e. The molecule has 7 aromatic rings. The van der Waals surface area contributed by atoms with Crippen molar-refractivity contribution in [1.29, 1.82) is 0 Å². The van der Waals surface area contributed by atoms with E-state index in [2.05, 4.69) is 59.3 Å². The van der Waals surface area contributed by atoms with Crippen LogP contribution in [-0.4, -0.2) is 17.5 Å². The molecule has 0 bridgehead atoms. The Labute approximate surface area is 449 Å². The fraction of sp³-hybridized carbons (Fsp3) is 0.645. The van der Waals surface area contributed by atoms with Gasteiger partial charge in [-0.15, -0.1) is 22.7 Å². The number of hydrogen-bond acceptors (Lipinski definition) is 8. The summed E-state index contributed by atoms with van der Waals surface area (Å²) in [6.07, 6.45) is 45.1. The van der Waals surface area contributed by atoms with Crippen molar-refractivity contribution in [3.05, 3.63) is 66.6 Å². The van der Waals surface area contributed by atoms with Crippen molar-refractivity contribution in [3.8, 4) is 20.9 Å². The molecule has 0 saturated heterocycles. The van der Waals surface area contributed by atoms with E-state index in [9.17, 15) is 9.59 Å². The summed E-state index contributed by atoms with van der Waals surface area (Å²) >= 11 is 6.00. The van der Waals surface area contributed by atoms with Gasteiger partial charge in [-0.3, -0.25) is 18.3 Å². The van der Waals surface area contributed by atoms with Gasteiger partial charge in [0.15, 0.2) is 10.9 Å². The summed E-state index contributed by atoms with van der Waals surface area (Å²) < 4.78 is 16.5. The first-order valence-electron chi connectivity index (χ1n) is 29.4. The van der Waals surface area contributed by atoms with E-state index < -0.39 is 0 Å². The van der Waals surface area contributed by atoms with Gasteiger partial charge in [0.25, 0.3) is 0 Å². The molecule has 72 heavy (non-hydrogen) atoms. The molecule has 2 N–H and O–H groups in total. The summed E-state index contributed by atoms with van der Waals surface area (Å²) in [6, 6.07) is 8.65. The van der Waals surface area contributed by atoms with Crippen LogP contribution in [0.4, 0.5) is 0 Å². The second kappa shape index (κ2) is 31.0. The third-order valence-electron chi connectivity index (χ3n) is 15.9. The molecule has 4 heterocycles. The first-order chi connectivity index (χ1) is 35.4. The average Bonchev–Trinajstić information content (AvgIpc) is 4.25. The molecule has 10 heteroatoms. The number of fused-ring (bicyclic) bond motifs is 6. The number of nitrogens with zero attached hydrogens (tertiary/aromatic N) is 2. The lowest BCUT2D eigenvalue weighted by atomic mass is 9.89. The summed E-state index contributed by atoms with van der Waals surface area (Å²) in [5, 5.41) is 6.43. The fourth-order valence-electron chi connectivity index (χ4n) is 11.6. The maximum absolute atomic E-state index is 15.0. The average molecular weight is 1050 g/mol. The van der Waals surface area contributed by atoms with Gasteiger partial charge in [0.05, 0.1) is 33.5 Å². The van der Waals surface area contributed by atoms with Gasteiger partial charge >= 0.3 is 0 Å². The molecule has 3 aromatic carbocycles. The molecule has 0 saturated carbocycles. The Morgan fingerprint density at radius 1 is 0.431 bits per heavy atom. The number of unbranched alkanes of at least 4 members (excludes halogenated alkanes) is 24. The maximum Gasteiger partial charge on any atom is 0.196 e. The van der Waals surface area contributed by atoms with Gasteiger partial charge in [-0.2, -0.15) is 8.75 Å². The fourth-order valence-corrected chi connectivity index (χ4v) is 14.7. The highest BCUT2D eigenvalue weighted by atomic mass is 32.1. The summed E-state index contributed by atoms with van der Waals surface area (Å²) in [5.74, 6) is 1.37. The van der Waals surface area contributed by atoms with Crippen molar-refractivity contribution in [3.63, 3.8) is 0 Å². The molecule has 0 aliphatic rings. The Balaban J connectivity index is 1.11. The number of aromatic nitrogens is 4. The first kappa shape index (κ1) is 56.5. The summed E-state index contributed by atoms with van der Waals surface area (Å²) in [4.78, 5) is 32.1. The lowest BCUT2D eigenvalue weighted by molar-refractivity contribution is 0.400. The third-order valence-corrected chi connectivity index (χ3v) is 19.0. The second-order valence-electron chi connectivity index (χ2n) is 21.8. The van der Waals surface area contributed by atoms with Crippen LogP contribution in [0.2, 0.25) is 0 Å². The number of rotatable bonds is 38. The molecule has 2 atom stereocenters. The predicted octanol–water partition coefficient (Wildman–Crippen LogP) is 20.9. The number of H-pyrrole nitrogens is 2. The number of thiophene rings is 2. The zero-order chi connectivity index (χ0) is 50.3. The number of hydrogen-bond donors (Lipinski definition) is 2. The van der Waals surface area contributed by atoms with Crippen LogP contribution in [0.25, 0.3) is 64.5 Å². The molecule has 0 amide bonds. The van der Waals surface area contributed by atoms with Crippen LogP contribution in [0, 0.1) is 11.8 Å². The molecule has 394 valence electrons. The van der Waals surface area contributed by atoms with Crippen LogP contribution < -0.4 is 10.9 Å². The topological polar surface area (TPSA) is 91.5 Å². The van der Waals surface area contributed by atoms with E-state index in [-0.39, 0.29) is 10.9 Å². The van der Waals surface area contributed by atoms with Crippen molar-refractivity contribution in [2.75, 3.05) is 0 Å². The van der Waals surface area contributed by atoms with Gasteiger partial charge in [-0.05, 0) is 70.8 Å². The van der Waals surface area contributed by atoms with E-state index in [1.165, 1.54) is 228 Å². The molecule has 0 radical (unpaired) electrons. The number of nitrogens with one attached hydrogen (secondary N) is 2. The minimum absolute atomic E-state index is 0.123. The minimum atomic E-state index is -0.141. The van der Waals surface area contributed by atoms with E-state index in [0.717, 1.165) is 56.5 Å². The van der Waals surface area contributed by atoms with Crippen LogP contribution in [0.1, 0.15) is 244 Å². The molecule has 6 nitrogen and oxygen atoms in total. The first-order valence-corrected chi connectivity index (χ1v) is 32.7. The third kappa shape index (κ3) is 15.9. The van der Waals surface area contributed by atoms with Crippen molar-refractivity contribution >= 4 is 89.7 Å². The molecule has 2 unspecified atom stereocenters. The molecule has 0 fully saturated rings. The SMILES string of the molecule is CCCCCCCCCCC(CCCCCCCC)Cc1csc(-c2cc3c(=O)c4c(cc(-c5cc(CC(CCCCCCCC)CCCCCCCCCC)cs5)c5[nH]s[nH]c54)c(=O)c3c3nsnc23)c1. The van der Waals surface area contributed by atoms with Crippen LogP contribution in [0.3, 0.4) is 0 Å². The van der Waals surface area contributed by atoms with Gasteiger partial charge < -0.3 is 0 Å². The van der Waals surface area contributed by atoms with Crippen LogP contribution in [-0.2, 0) is 12.8 Å². The van der Waals surface area contributed by atoms with Gasteiger partial charge in [-0.25, -0.2) is 0 Å². The predicted molar refractivity (Wildman–Crippen MR) is 321 cm³/mol. The van der Waals surface area contributed by atoms with Crippen molar-refractivity contribution in [2.24, 2.45) is 11.8 Å². The van der Waals surface area contributed by atoms with Crippen molar-refractivity contribution < 1.29 is 0 Å². The zero-order valence-corrected chi connectivity index (χ0v) is 48.3. The van der Waals surface area contributed by atoms with Gasteiger partial charge in [-0.1, -0.05) is 233 Å². The maximum atomic E-state index is 15.0. The highest BCUT2D eigenvalue weighted by Crippen LogP contribution is 2.40. The van der Waals surface area contributed by atoms with Crippen molar-refractivity contribution in [2.45, 2.75) is 246 Å². The molecule has 4 aromatic heterocycles. The largest absolute Gasteiger partial charge is 0.294 e. The zero-order valence-electron chi connectivity index (χ0n) is 45.0. The Bertz CT molecular complexity index is 2580. The van der Waals surface area contributed by atoms with Crippen LogP contribution in [0.5, 0.6) is 0 Å². The van der Waals surface area contributed by atoms with Gasteiger partial charge in [0.2, 0.25) is 0 Å². The molecule has 0 spiro atoms. The Kier molecular flexibility index (Phi) is 24.4. The minimum Gasteiger partial charge on any atom is -0.294 e. The summed E-state index contributed by atoms with van der Waals surface area (Å²) in [5.41, 5.74) is 7.26. The Morgan fingerprint density at radius 2 is 0.806 bits per heavy atom. The Morgan fingerprint density at radius 3 is 1.28 bits per heavy atom. The molecular formula is C62H90N4O2S4. The van der Waals surface area contributed by atoms with Crippen molar-refractivity contribution in [1.82, 2.24) is 17.5 Å². The molecular weight excluding hydrogens is 961 g/mol. The van der Waals surface area contributed by atoms with E-state index in [4.69, 9.17) is 8.75 Å². The van der Waals surface area contributed by atoms with E-state index in [0.29, 0.717) is 44.4 Å². The van der Waals surface area contributed by atoms with Crippen LogP contribution in [0.15, 0.2) is 44.6 Å². The molecule has 0 aliphatic carbocycles. The number of benzene rings is 3. The van der Waals surface area contributed by atoms with Crippen LogP contribution >= 0.6 is 46.1 Å². The lowest BCUT2D eigenvalue weighted by Gasteiger charge is -2.16. The quantitative estimate of drug-likeness (QED) is 0.0298. The second-order valence-corrected chi connectivity index (χ2v) is 24.8.